The van der Waals surface area contributed by atoms with Crippen LogP contribution in [0.25, 0.3) is 0 Å². The molecule has 0 spiro atoms. The van der Waals surface area contributed by atoms with E-state index in [4.69, 9.17) is 4.74 Å². The Bertz CT molecular complexity index is 68.7. The van der Waals surface area contributed by atoms with Crippen molar-refractivity contribution in [3.63, 3.8) is 0 Å². The lowest BCUT2D eigenvalue weighted by atomic mass is 10.4. The van der Waals surface area contributed by atoms with E-state index in [1.54, 1.807) is 0 Å². The predicted molar refractivity (Wildman–Crippen MR) is 33.1 cm³/mol. The van der Waals surface area contributed by atoms with Gasteiger partial charge in [-0.3, -0.25) is 0 Å². The largest absolute Gasteiger partial charge is 0.369 e. The first-order valence-electron chi connectivity index (χ1n) is 3.31. The molecule has 52 valence electrons. The highest BCUT2D eigenvalue weighted by Crippen LogP contribution is 1.90. The van der Waals surface area contributed by atoms with Crippen molar-refractivity contribution in [2.75, 3.05) is 39.5 Å². The second-order valence-electron chi connectivity index (χ2n) is 2.16. The van der Waals surface area contributed by atoms with E-state index in [2.05, 4.69) is 4.90 Å². The Morgan fingerprint density at radius 3 is 2.56 bits per heavy atom. The quantitative estimate of drug-likeness (QED) is 0.468. The maximum Gasteiger partial charge on any atom is 0.149 e. The minimum absolute atomic E-state index is 0.0139. The lowest BCUT2D eigenvalue weighted by molar-refractivity contribution is 0.0637. The molecule has 0 unspecified atom stereocenters. The Balaban J connectivity index is 2.08. The predicted octanol–water partition coefficient (Wildman–Crippen LogP) is -0.413. The molecule has 0 N–H and O–H groups in total. The molecule has 0 amide bonds. The first-order chi connectivity index (χ1) is 4.43. The van der Waals surface area contributed by atoms with Crippen LogP contribution in [0, 0.1) is 0 Å². The van der Waals surface area contributed by atoms with E-state index in [0.717, 1.165) is 26.3 Å². The van der Waals surface area contributed by atoms with E-state index < -0.39 is 0 Å². The van der Waals surface area contributed by atoms with Gasteiger partial charge in [0.05, 0.1) is 0 Å². The molecule has 2 radical (unpaired) electrons. The van der Waals surface area contributed by atoms with Crippen LogP contribution in [0.1, 0.15) is 0 Å². The van der Waals surface area contributed by atoms with Gasteiger partial charge in [0.1, 0.15) is 39.5 Å². The third-order valence-corrected chi connectivity index (χ3v) is 1.51. The van der Waals surface area contributed by atoms with Crippen molar-refractivity contribution in [2.24, 2.45) is 0 Å². The van der Waals surface area contributed by atoms with Crippen LogP contribution in [0.3, 0.4) is 0 Å². The molecule has 9 heavy (non-hydrogen) atoms. The molecule has 0 aromatic rings. The van der Waals surface area contributed by atoms with Crippen molar-refractivity contribution in [1.29, 1.82) is 0 Å². The normalized spacial score (nSPS) is 22.3. The van der Waals surface area contributed by atoms with Gasteiger partial charge >= 0.3 is 0 Å². The summed E-state index contributed by atoms with van der Waals surface area (Å²) in [6, 6.07) is 0. The van der Waals surface area contributed by atoms with Crippen LogP contribution in [0.2, 0.25) is 0 Å². The highest BCUT2D eigenvalue weighted by molar-refractivity contribution is 4.65. The van der Waals surface area contributed by atoms with Crippen LogP contribution < -0.4 is 4.90 Å². The molecule has 1 aliphatic heterocycles. The number of hydrogen-bond donors (Lipinski definition) is 0. The van der Waals surface area contributed by atoms with E-state index in [1.165, 1.54) is 0 Å². The molecular weight excluding hydrogens is 118 g/mol. The molecule has 1 rings (SSSR count). The van der Waals surface area contributed by atoms with E-state index >= 15 is 0 Å². The maximum atomic E-state index is 10.1. The maximum absolute atomic E-state index is 10.1. The first kappa shape index (κ1) is 6.99. The number of hydrogen-bond acceptors (Lipinski definition) is 2. The summed E-state index contributed by atoms with van der Waals surface area (Å²) >= 11 is 0. The summed E-state index contributed by atoms with van der Waals surface area (Å²) in [5.41, 5.74) is 0. The Hall–Kier alpha value is -0.120. The van der Waals surface area contributed by atoms with Crippen LogP contribution in [0.5, 0.6) is 0 Å². The van der Waals surface area contributed by atoms with Gasteiger partial charge < -0.3 is 4.74 Å². The van der Waals surface area contributed by atoms with Gasteiger partial charge in [-0.05, 0) is 0 Å². The van der Waals surface area contributed by atoms with Gasteiger partial charge in [0.15, 0.2) is 0 Å². The summed E-state index contributed by atoms with van der Waals surface area (Å²) in [7, 11) is 0. The first-order valence-corrected chi connectivity index (χ1v) is 3.31. The third kappa shape index (κ3) is 2.30. The van der Waals surface area contributed by atoms with E-state index in [1.807, 2.05) is 0 Å². The van der Waals surface area contributed by atoms with Crippen LogP contribution in [0.4, 0.5) is 0 Å². The molecule has 3 nitrogen and oxygen atoms in total. The van der Waals surface area contributed by atoms with E-state index in [-0.39, 0.29) is 6.61 Å². The summed E-state index contributed by atoms with van der Waals surface area (Å²) in [6.45, 7) is 4.15. The Kier molecular flexibility index (Phi) is 2.97. The zero-order valence-corrected chi connectivity index (χ0v) is 5.51. The summed E-state index contributed by atoms with van der Waals surface area (Å²) in [4.78, 5) is 2.14. The van der Waals surface area contributed by atoms with Gasteiger partial charge in [-0.25, -0.2) is 5.11 Å². The standard InChI is InChI=1S/C6H12NO2/c8-4-1-7-2-5-9-6-3-7/h1-6H2/q+1. The number of rotatable bonds is 2. The second kappa shape index (κ2) is 3.82. The second-order valence-corrected chi connectivity index (χ2v) is 2.16. The summed E-state index contributed by atoms with van der Waals surface area (Å²) in [5, 5.41) is 10.1. The van der Waals surface area contributed by atoms with Crippen molar-refractivity contribution in [3.8, 4) is 0 Å². The number of ether oxygens (including phenoxy) is 1. The molecule has 0 aromatic carbocycles. The lowest BCUT2D eigenvalue weighted by Crippen LogP contribution is -2.42. The van der Waals surface area contributed by atoms with Crippen LogP contribution >= 0.6 is 0 Å². The molecule has 1 saturated heterocycles. The molecule has 1 fully saturated rings. The molecule has 1 aliphatic rings. The Morgan fingerprint density at radius 2 is 2.00 bits per heavy atom. The Morgan fingerprint density at radius 1 is 1.33 bits per heavy atom. The van der Waals surface area contributed by atoms with Gasteiger partial charge in [0, 0.05) is 0 Å². The van der Waals surface area contributed by atoms with Gasteiger partial charge in [-0.1, -0.05) is 0 Å². The SMILES string of the molecule is [O]CC[N+]1CCOCC1. The van der Waals surface area contributed by atoms with Gasteiger partial charge in [-0.15, -0.1) is 0 Å². The van der Waals surface area contributed by atoms with Crippen LogP contribution in [0.15, 0.2) is 0 Å². The number of morpholine rings is 1. The van der Waals surface area contributed by atoms with Crippen molar-refractivity contribution < 1.29 is 9.84 Å². The topological polar surface area (TPSA) is 35.0 Å². The average molecular weight is 130 g/mol. The van der Waals surface area contributed by atoms with Crippen molar-refractivity contribution in [3.05, 3.63) is 0 Å². The summed E-state index contributed by atoms with van der Waals surface area (Å²) < 4.78 is 5.10. The fourth-order valence-electron chi connectivity index (χ4n) is 0.954. The van der Waals surface area contributed by atoms with Gasteiger partial charge in [-0.2, -0.15) is 4.90 Å². The third-order valence-electron chi connectivity index (χ3n) is 1.51. The monoisotopic (exact) mass is 130 g/mol. The molecule has 0 atom stereocenters. The van der Waals surface area contributed by atoms with Crippen LogP contribution in [-0.4, -0.2) is 39.5 Å². The molecule has 1 heterocycles. The zero-order valence-electron chi connectivity index (χ0n) is 5.51. The summed E-state index contributed by atoms with van der Waals surface area (Å²) in [5.74, 6) is 0. The molecule has 0 bridgehead atoms. The van der Waals surface area contributed by atoms with E-state index in [0.29, 0.717) is 6.54 Å². The van der Waals surface area contributed by atoms with Crippen molar-refractivity contribution in [2.45, 2.75) is 0 Å². The fourth-order valence-corrected chi connectivity index (χ4v) is 0.954. The van der Waals surface area contributed by atoms with Gasteiger partial charge in [0.25, 0.3) is 0 Å². The van der Waals surface area contributed by atoms with Crippen molar-refractivity contribution in [1.82, 2.24) is 4.90 Å². The minimum atomic E-state index is 0.0139. The van der Waals surface area contributed by atoms with Gasteiger partial charge in [0.2, 0.25) is 0 Å². The van der Waals surface area contributed by atoms with Crippen LogP contribution in [-0.2, 0) is 9.84 Å². The molecular formula is C6H12NO2+. The molecule has 0 aliphatic carbocycles. The molecule has 0 aromatic heterocycles. The zero-order chi connectivity index (χ0) is 6.53. The lowest BCUT2D eigenvalue weighted by Gasteiger charge is -2.15. The van der Waals surface area contributed by atoms with E-state index in [9.17, 15) is 5.11 Å². The number of nitrogens with zero attached hydrogens (tertiary/aromatic N) is 1. The van der Waals surface area contributed by atoms with Crippen molar-refractivity contribution >= 4 is 0 Å². The highest BCUT2D eigenvalue weighted by Gasteiger charge is 2.17. The summed E-state index contributed by atoms with van der Waals surface area (Å²) in [6.07, 6.45) is 0. The fraction of sp³-hybridized carbons (Fsp3) is 1.00. The molecule has 3 heteroatoms. The minimum Gasteiger partial charge on any atom is -0.369 e. The average Bonchev–Trinajstić information content (AvgIpc) is 1.91. The Labute approximate surface area is 55.2 Å². The smallest absolute Gasteiger partial charge is 0.149 e. The highest BCUT2D eigenvalue weighted by atomic mass is 16.5. The molecule has 0 saturated carbocycles.